The van der Waals surface area contributed by atoms with Gasteiger partial charge in [0.25, 0.3) is 0 Å². The van der Waals surface area contributed by atoms with Gasteiger partial charge in [-0.2, -0.15) is 0 Å². The molecule has 1 aliphatic carbocycles. The Morgan fingerprint density at radius 2 is 1.92 bits per heavy atom. The van der Waals surface area contributed by atoms with Crippen LogP contribution in [0.4, 0.5) is 5.69 Å². The number of ether oxygens (including phenoxy) is 1. The molecule has 2 aromatic carbocycles. The molecule has 0 radical (unpaired) electrons. The zero-order valence-corrected chi connectivity index (χ0v) is 14.3. The summed E-state index contributed by atoms with van der Waals surface area (Å²) in [7, 11) is 1.38. The van der Waals surface area contributed by atoms with E-state index in [1.807, 2.05) is 24.3 Å². The summed E-state index contributed by atoms with van der Waals surface area (Å²) in [6.45, 7) is 0. The van der Waals surface area contributed by atoms with Crippen LogP contribution < -0.4 is 5.32 Å². The molecule has 1 heterocycles. The lowest BCUT2D eigenvalue weighted by Gasteiger charge is -2.38. The molecule has 2 unspecified atom stereocenters. The fourth-order valence-electron chi connectivity index (χ4n) is 4.06. The number of carbonyl (C=O) groups is 2. The first-order valence-corrected chi connectivity index (χ1v) is 8.58. The van der Waals surface area contributed by atoms with Crippen LogP contribution in [0.5, 0.6) is 0 Å². The van der Waals surface area contributed by atoms with Gasteiger partial charge in [-0.25, -0.2) is 9.59 Å². The molecule has 0 saturated carbocycles. The zero-order chi connectivity index (χ0) is 18.3. The maximum atomic E-state index is 12.2. The van der Waals surface area contributed by atoms with Crippen LogP contribution in [0.15, 0.2) is 54.6 Å². The van der Waals surface area contributed by atoms with Gasteiger partial charge in [-0.1, -0.05) is 36.4 Å². The van der Waals surface area contributed by atoms with Gasteiger partial charge in [0.2, 0.25) is 0 Å². The second-order valence-corrected chi connectivity index (χ2v) is 6.66. The number of hydrogen-bond acceptors (Lipinski definition) is 4. The molecule has 0 amide bonds. The van der Waals surface area contributed by atoms with Gasteiger partial charge >= 0.3 is 11.9 Å². The van der Waals surface area contributed by atoms with E-state index in [0.717, 1.165) is 23.2 Å². The second-order valence-electron chi connectivity index (χ2n) is 6.66. The highest BCUT2D eigenvalue weighted by Gasteiger charge is 2.39. The van der Waals surface area contributed by atoms with Crippen molar-refractivity contribution in [2.45, 2.75) is 18.4 Å². The average molecular weight is 349 g/mol. The van der Waals surface area contributed by atoms with Crippen molar-refractivity contribution in [2.75, 3.05) is 12.4 Å². The van der Waals surface area contributed by atoms with E-state index in [1.165, 1.54) is 7.11 Å². The summed E-state index contributed by atoms with van der Waals surface area (Å²) in [4.78, 5) is 23.3. The summed E-state index contributed by atoms with van der Waals surface area (Å²) < 4.78 is 4.93. The van der Waals surface area contributed by atoms with E-state index >= 15 is 0 Å². The average Bonchev–Trinajstić information content (AvgIpc) is 3.16. The molecular formula is C21H19NO4. The fraction of sp³-hybridized carbons (Fsp3) is 0.238. The van der Waals surface area contributed by atoms with Gasteiger partial charge in [-0.05, 0) is 41.7 Å². The third-order valence-corrected chi connectivity index (χ3v) is 5.32. The number of carboxylic acids is 1. The first-order valence-electron chi connectivity index (χ1n) is 8.58. The van der Waals surface area contributed by atoms with Gasteiger partial charge in [-0.15, -0.1) is 0 Å². The lowest BCUT2D eigenvalue weighted by atomic mass is 9.76. The molecule has 1 aliphatic heterocycles. The van der Waals surface area contributed by atoms with Crippen LogP contribution in [-0.2, 0) is 4.74 Å². The maximum Gasteiger partial charge on any atom is 0.339 e. The molecule has 5 heteroatoms. The largest absolute Gasteiger partial charge is 0.478 e. The van der Waals surface area contributed by atoms with Crippen molar-refractivity contribution < 1.29 is 19.4 Å². The molecule has 2 aliphatic rings. The quantitative estimate of drug-likeness (QED) is 0.647. The number of anilines is 1. The van der Waals surface area contributed by atoms with E-state index in [2.05, 4.69) is 17.5 Å². The summed E-state index contributed by atoms with van der Waals surface area (Å²) in [5.74, 6) is -0.757. The van der Waals surface area contributed by atoms with Gasteiger partial charge in [0, 0.05) is 5.92 Å². The molecule has 2 N–H and O–H groups in total. The van der Waals surface area contributed by atoms with Crippen molar-refractivity contribution >= 4 is 17.6 Å². The van der Waals surface area contributed by atoms with Crippen LogP contribution in [0.1, 0.15) is 50.2 Å². The van der Waals surface area contributed by atoms with Crippen LogP contribution in [0.3, 0.4) is 0 Å². The minimum Gasteiger partial charge on any atom is -0.478 e. The van der Waals surface area contributed by atoms with Crippen LogP contribution in [0.25, 0.3) is 0 Å². The standard InChI is InChI=1S/C21H19NO4/c1-26-21(25)17-7-3-6-16-14-4-2-5-15(14)18(22-19(16)17)12-8-10-13(11-9-12)20(23)24/h2-4,6-11,14-15,18,22H,5H2,1H3,(H,23,24)/t14?,15?,18-/m1/s1. The number of aromatic carboxylic acids is 1. The summed E-state index contributed by atoms with van der Waals surface area (Å²) in [6.07, 6.45) is 5.31. The zero-order valence-electron chi connectivity index (χ0n) is 14.3. The van der Waals surface area contributed by atoms with Crippen molar-refractivity contribution in [3.63, 3.8) is 0 Å². The highest BCUT2D eigenvalue weighted by atomic mass is 16.5. The molecule has 2 aromatic rings. The summed E-state index contributed by atoms with van der Waals surface area (Å²) in [5, 5.41) is 12.6. The number of nitrogens with one attached hydrogen (secondary N) is 1. The van der Waals surface area contributed by atoms with E-state index in [-0.39, 0.29) is 23.5 Å². The van der Waals surface area contributed by atoms with Crippen molar-refractivity contribution in [1.29, 1.82) is 0 Å². The topological polar surface area (TPSA) is 75.6 Å². The van der Waals surface area contributed by atoms with Gasteiger partial charge in [0.05, 0.1) is 30.0 Å². The van der Waals surface area contributed by atoms with E-state index < -0.39 is 5.97 Å². The lowest BCUT2D eigenvalue weighted by Crippen LogP contribution is -2.30. The van der Waals surface area contributed by atoms with Gasteiger partial charge < -0.3 is 15.2 Å². The number of benzene rings is 2. The Balaban J connectivity index is 1.78. The highest BCUT2D eigenvalue weighted by molar-refractivity contribution is 5.97. The lowest BCUT2D eigenvalue weighted by molar-refractivity contribution is 0.0600. The number of para-hydroxylation sites is 1. The number of rotatable bonds is 3. The Morgan fingerprint density at radius 3 is 2.62 bits per heavy atom. The molecule has 4 rings (SSSR count). The van der Waals surface area contributed by atoms with Crippen LogP contribution in [0, 0.1) is 5.92 Å². The summed E-state index contributed by atoms with van der Waals surface area (Å²) in [5.41, 5.74) is 3.71. The maximum absolute atomic E-state index is 12.2. The minimum atomic E-state index is -0.938. The van der Waals surface area contributed by atoms with Gasteiger partial charge in [0.1, 0.15) is 0 Å². The number of allylic oxidation sites excluding steroid dienone is 2. The normalized spacial score (nSPS) is 22.9. The molecule has 26 heavy (non-hydrogen) atoms. The second kappa shape index (κ2) is 6.33. The Kier molecular flexibility index (Phi) is 3.99. The number of carboxylic acid groups (broad SMARTS) is 1. The Morgan fingerprint density at radius 1 is 1.15 bits per heavy atom. The van der Waals surface area contributed by atoms with Crippen molar-refractivity contribution in [2.24, 2.45) is 5.92 Å². The fourth-order valence-corrected chi connectivity index (χ4v) is 4.06. The SMILES string of the molecule is COC(=O)c1cccc2c1N[C@H](c1ccc(C(=O)O)cc1)C1CC=CC21. The predicted octanol–water partition coefficient (Wildman–Crippen LogP) is 4.00. The molecule has 0 bridgehead atoms. The smallest absolute Gasteiger partial charge is 0.339 e. The first kappa shape index (κ1) is 16.4. The number of fused-ring (bicyclic) bond motifs is 3. The number of carbonyl (C=O) groups excluding carboxylic acids is 1. The molecule has 0 saturated heterocycles. The Hall–Kier alpha value is -3.08. The molecule has 3 atom stereocenters. The number of methoxy groups -OCH3 is 1. The van der Waals surface area contributed by atoms with Gasteiger partial charge in [0.15, 0.2) is 0 Å². The predicted molar refractivity (Wildman–Crippen MR) is 97.5 cm³/mol. The molecule has 132 valence electrons. The third-order valence-electron chi connectivity index (χ3n) is 5.32. The molecule has 0 fully saturated rings. The van der Waals surface area contributed by atoms with Crippen LogP contribution in [0.2, 0.25) is 0 Å². The first-order chi connectivity index (χ1) is 12.6. The van der Waals surface area contributed by atoms with E-state index in [9.17, 15) is 9.59 Å². The van der Waals surface area contributed by atoms with E-state index in [0.29, 0.717) is 11.5 Å². The molecular weight excluding hydrogens is 330 g/mol. The van der Waals surface area contributed by atoms with E-state index in [4.69, 9.17) is 9.84 Å². The molecule has 5 nitrogen and oxygen atoms in total. The summed E-state index contributed by atoms with van der Waals surface area (Å²) >= 11 is 0. The Labute approximate surface area is 151 Å². The minimum absolute atomic E-state index is 0.00356. The van der Waals surface area contributed by atoms with Crippen LogP contribution >= 0.6 is 0 Å². The van der Waals surface area contributed by atoms with E-state index in [1.54, 1.807) is 18.2 Å². The highest BCUT2D eigenvalue weighted by Crippen LogP contribution is 2.50. The monoisotopic (exact) mass is 349 g/mol. The van der Waals surface area contributed by atoms with Crippen molar-refractivity contribution in [3.05, 3.63) is 76.9 Å². The number of esters is 1. The third kappa shape index (κ3) is 2.56. The molecule has 0 aromatic heterocycles. The van der Waals surface area contributed by atoms with Crippen LogP contribution in [-0.4, -0.2) is 24.2 Å². The number of hydrogen-bond donors (Lipinski definition) is 2. The van der Waals surface area contributed by atoms with Crippen molar-refractivity contribution in [3.8, 4) is 0 Å². The molecule has 0 spiro atoms. The Bertz CT molecular complexity index is 901. The summed E-state index contributed by atoms with van der Waals surface area (Å²) in [6, 6.07) is 12.6. The van der Waals surface area contributed by atoms with Crippen molar-refractivity contribution in [1.82, 2.24) is 0 Å². The van der Waals surface area contributed by atoms with Gasteiger partial charge in [-0.3, -0.25) is 0 Å².